The predicted molar refractivity (Wildman–Crippen MR) is 93.3 cm³/mol. The van der Waals surface area contributed by atoms with E-state index in [0.29, 0.717) is 35.7 Å². The fourth-order valence-electron chi connectivity index (χ4n) is 2.85. The summed E-state index contributed by atoms with van der Waals surface area (Å²) in [5.41, 5.74) is 3.46. The number of ketones is 1. The Labute approximate surface area is 142 Å². The van der Waals surface area contributed by atoms with Crippen molar-refractivity contribution >= 4 is 11.8 Å². The van der Waals surface area contributed by atoms with Crippen LogP contribution in [-0.2, 0) is 11.3 Å². The quantitative estimate of drug-likeness (QED) is 0.626. The van der Waals surface area contributed by atoms with Crippen molar-refractivity contribution < 1.29 is 14.3 Å². The van der Waals surface area contributed by atoms with Crippen LogP contribution >= 0.6 is 0 Å². The molecule has 1 heterocycles. The van der Waals surface area contributed by atoms with E-state index in [1.165, 1.54) is 0 Å². The average Bonchev–Trinajstić information content (AvgIpc) is 2.83. The van der Waals surface area contributed by atoms with Crippen LogP contribution in [0.3, 0.4) is 0 Å². The monoisotopic (exact) mass is 328 g/mol. The second-order valence-electron chi connectivity index (χ2n) is 5.93. The number of carbonyl (C=O) groups excluding carboxylic acids is 2. The lowest BCUT2D eigenvalue weighted by Gasteiger charge is -2.16. The van der Waals surface area contributed by atoms with Gasteiger partial charge in [0.05, 0.1) is 13.2 Å². The molecule has 0 saturated heterocycles. The van der Waals surface area contributed by atoms with E-state index < -0.39 is 5.97 Å². The summed E-state index contributed by atoms with van der Waals surface area (Å²) < 4.78 is 5.03. The van der Waals surface area contributed by atoms with Crippen LogP contribution in [0.15, 0.2) is 30.3 Å². The van der Waals surface area contributed by atoms with Crippen molar-refractivity contribution in [2.75, 3.05) is 20.2 Å². The number of hydrogen-bond acceptors (Lipinski definition) is 4. The first-order chi connectivity index (χ1) is 11.4. The van der Waals surface area contributed by atoms with Gasteiger partial charge >= 0.3 is 5.97 Å². The van der Waals surface area contributed by atoms with Crippen LogP contribution in [0.5, 0.6) is 0 Å². The summed E-state index contributed by atoms with van der Waals surface area (Å²) in [6.07, 6.45) is 0. The number of benzene rings is 1. The van der Waals surface area contributed by atoms with Gasteiger partial charge in [0.1, 0.15) is 5.69 Å². The van der Waals surface area contributed by atoms with Gasteiger partial charge in [-0.2, -0.15) is 0 Å². The van der Waals surface area contributed by atoms with Gasteiger partial charge in [-0.25, -0.2) is 4.79 Å². The van der Waals surface area contributed by atoms with Gasteiger partial charge in [-0.1, -0.05) is 30.3 Å². The molecule has 2 rings (SSSR count). The average molecular weight is 328 g/mol. The van der Waals surface area contributed by atoms with E-state index in [4.69, 9.17) is 4.74 Å². The fourth-order valence-corrected chi connectivity index (χ4v) is 2.85. The second kappa shape index (κ2) is 7.93. The SMILES string of the molecule is CCOC(=O)c1[nH]c(C)c(C(=O)CN(C)Cc2ccccc2)c1C. The Morgan fingerprint density at radius 3 is 2.46 bits per heavy atom. The summed E-state index contributed by atoms with van der Waals surface area (Å²) in [6, 6.07) is 10.0. The number of nitrogens with zero attached hydrogens (tertiary/aromatic N) is 1. The zero-order valence-corrected chi connectivity index (χ0v) is 14.7. The van der Waals surface area contributed by atoms with Crippen LogP contribution in [0.25, 0.3) is 0 Å². The number of aromatic amines is 1. The number of esters is 1. The van der Waals surface area contributed by atoms with Crippen molar-refractivity contribution in [2.24, 2.45) is 0 Å². The number of ether oxygens (including phenoxy) is 1. The lowest BCUT2D eigenvalue weighted by molar-refractivity contribution is 0.0519. The number of likely N-dealkylation sites (N-methyl/N-ethyl adjacent to an activating group) is 1. The number of aromatic nitrogens is 1. The lowest BCUT2D eigenvalue weighted by atomic mass is 10.1. The van der Waals surface area contributed by atoms with Crippen molar-refractivity contribution in [1.29, 1.82) is 0 Å². The molecule has 0 amide bonds. The Balaban J connectivity index is 2.11. The Hall–Kier alpha value is -2.40. The lowest BCUT2D eigenvalue weighted by Crippen LogP contribution is -2.26. The molecule has 0 aliphatic rings. The smallest absolute Gasteiger partial charge is 0.355 e. The number of hydrogen-bond donors (Lipinski definition) is 1. The minimum absolute atomic E-state index is 0.00442. The molecule has 0 atom stereocenters. The molecule has 1 aromatic heterocycles. The third-order valence-corrected chi connectivity index (χ3v) is 3.90. The standard InChI is InChI=1S/C19H24N2O3/c1-5-24-19(23)18-13(2)17(14(3)20-18)16(22)12-21(4)11-15-9-7-6-8-10-15/h6-10,20H,5,11-12H2,1-4H3. The Morgan fingerprint density at radius 1 is 1.17 bits per heavy atom. The van der Waals surface area contributed by atoms with Gasteiger partial charge in [0, 0.05) is 17.8 Å². The van der Waals surface area contributed by atoms with E-state index >= 15 is 0 Å². The molecule has 0 bridgehead atoms. The van der Waals surface area contributed by atoms with Crippen LogP contribution < -0.4 is 0 Å². The fraction of sp³-hybridized carbons (Fsp3) is 0.368. The Morgan fingerprint density at radius 2 is 1.83 bits per heavy atom. The van der Waals surface area contributed by atoms with Gasteiger partial charge in [0.25, 0.3) is 0 Å². The van der Waals surface area contributed by atoms with E-state index in [1.807, 2.05) is 42.3 Å². The van der Waals surface area contributed by atoms with Crippen molar-refractivity contribution in [2.45, 2.75) is 27.3 Å². The highest BCUT2D eigenvalue weighted by molar-refractivity contribution is 6.03. The maximum atomic E-state index is 12.7. The summed E-state index contributed by atoms with van der Waals surface area (Å²) in [4.78, 5) is 29.6. The molecule has 0 saturated carbocycles. The molecule has 1 aromatic carbocycles. The molecule has 1 N–H and O–H groups in total. The first-order valence-corrected chi connectivity index (χ1v) is 8.06. The van der Waals surface area contributed by atoms with E-state index in [0.717, 1.165) is 5.56 Å². The van der Waals surface area contributed by atoms with Crippen molar-refractivity contribution in [3.05, 3.63) is 58.4 Å². The van der Waals surface area contributed by atoms with Crippen LogP contribution in [0.2, 0.25) is 0 Å². The van der Waals surface area contributed by atoms with E-state index in [1.54, 1.807) is 20.8 Å². The number of aryl methyl sites for hydroxylation is 1. The highest BCUT2D eigenvalue weighted by Gasteiger charge is 2.23. The molecule has 0 radical (unpaired) electrons. The molecular formula is C19H24N2O3. The third kappa shape index (κ3) is 4.11. The number of H-pyrrole nitrogens is 1. The van der Waals surface area contributed by atoms with Gasteiger partial charge < -0.3 is 9.72 Å². The van der Waals surface area contributed by atoms with Gasteiger partial charge in [0.2, 0.25) is 0 Å². The van der Waals surface area contributed by atoms with Crippen LogP contribution in [0.1, 0.15) is 44.6 Å². The minimum Gasteiger partial charge on any atom is -0.461 e. The molecule has 5 heteroatoms. The first-order valence-electron chi connectivity index (χ1n) is 8.06. The molecule has 24 heavy (non-hydrogen) atoms. The highest BCUT2D eigenvalue weighted by atomic mass is 16.5. The highest BCUT2D eigenvalue weighted by Crippen LogP contribution is 2.20. The number of rotatable bonds is 7. The summed E-state index contributed by atoms with van der Waals surface area (Å²) in [5.74, 6) is -0.426. The summed E-state index contributed by atoms with van der Waals surface area (Å²) in [7, 11) is 1.91. The minimum atomic E-state index is -0.421. The molecule has 0 unspecified atom stereocenters. The zero-order valence-electron chi connectivity index (χ0n) is 14.7. The van der Waals surface area contributed by atoms with E-state index in [-0.39, 0.29) is 12.3 Å². The Kier molecular flexibility index (Phi) is 5.93. The molecule has 0 aliphatic carbocycles. The maximum Gasteiger partial charge on any atom is 0.355 e. The van der Waals surface area contributed by atoms with Crippen LogP contribution in [0, 0.1) is 13.8 Å². The number of carbonyl (C=O) groups is 2. The summed E-state index contributed by atoms with van der Waals surface area (Å²) >= 11 is 0. The van der Waals surface area contributed by atoms with E-state index in [9.17, 15) is 9.59 Å². The molecule has 0 fully saturated rings. The van der Waals surface area contributed by atoms with E-state index in [2.05, 4.69) is 4.98 Å². The molecule has 128 valence electrons. The van der Waals surface area contributed by atoms with Gasteiger partial charge in [-0.15, -0.1) is 0 Å². The number of nitrogens with one attached hydrogen (secondary N) is 1. The molecular weight excluding hydrogens is 304 g/mol. The molecule has 5 nitrogen and oxygen atoms in total. The topological polar surface area (TPSA) is 62.4 Å². The molecule has 0 spiro atoms. The first kappa shape index (κ1) is 17.9. The Bertz CT molecular complexity index is 720. The second-order valence-corrected chi connectivity index (χ2v) is 5.93. The largest absolute Gasteiger partial charge is 0.461 e. The number of Topliss-reactive ketones (excluding diaryl/α,β-unsaturated/α-hetero) is 1. The van der Waals surface area contributed by atoms with Crippen molar-refractivity contribution in [3.63, 3.8) is 0 Å². The maximum absolute atomic E-state index is 12.7. The van der Waals surface area contributed by atoms with Gasteiger partial charge in [0.15, 0.2) is 5.78 Å². The summed E-state index contributed by atoms with van der Waals surface area (Å²) in [6.45, 7) is 6.63. The van der Waals surface area contributed by atoms with Crippen LogP contribution in [-0.4, -0.2) is 41.8 Å². The molecule has 2 aromatic rings. The molecule has 0 aliphatic heterocycles. The van der Waals surface area contributed by atoms with Gasteiger partial charge in [-0.3, -0.25) is 9.69 Å². The van der Waals surface area contributed by atoms with Crippen LogP contribution in [0.4, 0.5) is 0 Å². The third-order valence-electron chi connectivity index (χ3n) is 3.90. The van der Waals surface area contributed by atoms with Gasteiger partial charge in [-0.05, 0) is 38.9 Å². The van der Waals surface area contributed by atoms with Crippen molar-refractivity contribution in [1.82, 2.24) is 9.88 Å². The normalized spacial score (nSPS) is 10.9. The van der Waals surface area contributed by atoms with Crippen molar-refractivity contribution in [3.8, 4) is 0 Å². The predicted octanol–water partition coefficient (Wildman–Crippen LogP) is 3.12. The summed E-state index contributed by atoms with van der Waals surface area (Å²) in [5, 5.41) is 0. The zero-order chi connectivity index (χ0) is 17.7.